The number of esters is 1. The van der Waals surface area contributed by atoms with Crippen LogP contribution in [-0.4, -0.2) is 21.2 Å². The summed E-state index contributed by atoms with van der Waals surface area (Å²) in [6, 6.07) is 0. The van der Waals surface area contributed by atoms with Crippen LogP contribution >= 0.6 is 0 Å². The Hall–Kier alpha value is -0.573. The van der Waals surface area contributed by atoms with Gasteiger partial charge in [0, 0.05) is 0 Å². The topological polar surface area (TPSA) is 26.3 Å². The summed E-state index contributed by atoms with van der Waals surface area (Å²) in [6.07, 6.45) is 6.73. The zero-order valence-electron chi connectivity index (χ0n) is 10.0. The lowest BCUT2D eigenvalue weighted by Gasteiger charge is -2.42. The van der Waals surface area contributed by atoms with Crippen molar-refractivity contribution in [2.24, 2.45) is 11.8 Å². The van der Waals surface area contributed by atoms with Crippen LogP contribution in [0.4, 0.5) is 0 Å². The van der Waals surface area contributed by atoms with Crippen LogP contribution in [0, 0.1) is 11.8 Å². The Morgan fingerprint density at radius 1 is 1.40 bits per heavy atom. The Labute approximate surface area is 92.7 Å². The van der Waals surface area contributed by atoms with Gasteiger partial charge >= 0.3 is 5.97 Å². The second-order valence-electron chi connectivity index (χ2n) is 5.90. The normalized spacial score (nSPS) is 38.4. The van der Waals surface area contributed by atoms with Gasteiger partial charge in [-0.25, -0.2) is 0 Å². The Bertz CT molecular complexity index is 316. The second kappa shape index (κ2) is 3.21. The minimum absolute atomic E-state index is 0.0403. The highest BCUT2D eigenvalue weighted by Crippen LogP contribution is 2.62. The fourth-order valence-electron chi connectivity index (χ4n) is 3.44. The van der Waals surface area contributed by atoms with Crippen molar-refractivity contribution in [1.29, 1.82) is 0 Å². The minimum Gasteiger partial charge on any atom is -0.469 e. The van der Waals surface area contributed by atoms with E-state index in [0.29, 0.717) is 11.8 Å². The molecule has 0 amide bonds. The maximum Gasteiger partial charge on any atom is 0.309 e. The van der Waals surface area contributed by atoms with Crippen LogP contribution in [0.3, 0.4) is 0 Å². The molecular weight excluding hydrogens is 204 g/mol. The SMILES string of the molecule is COC(=O)C1([Si](C)(C)C)CC2C=CC1C2. The summed E-state index contributed by atoms with van der Waals surface area (Å²) >= 11 is 0. The maximum atomic E-state index is 12.2. The molecule has 15 heavy (non-hydrogen) atoms. The molecule has 1 fully saturated rings. The molecule has 2 bridgehead atoms. The molecule has 0 aromatic rings. The number of fused-ring (bicyclic) bond motifs is 2. The first-order valence-electron chi connectivity index (χ1n) is 5.68. The minimum atomic E-state index is -1.54. The lowest BCUT2D eigenvalue weighted by molar-refractivity contribution is -0.145. The fraction of sp³-hybridized carbons (Fsp3) is 0.750. The van der Waals surface area contributed by atoms with E-state index in [1.165, 1.54) is 13.5 Å². The summed E-state index contributed by atoms with van der Waals surface area (Å²) in [5, 5.41) is -0.152. The Kier molecular flexibility index (Phi) is 2.34. The smallest absolute Gasteiger partial charge is 0.309 e. The first-order valence-corrected chi connectivity index (χ1v) is 9.18. The van der Waals surface area contributed by atoms with E-state index in [9.17, 15) is 4.79 Å². The highest BCUT2D eigenvalue weighted by Gasteiger charge is 2.60. The van der Waals surface area contributed by atoms with E-state index in [4.69, 9.17) is 4.74 Å². The molecule has 0 spiro atoms. The number of carbonyl (C=O) groups excluding carboxylic acids is 1. The third kappa shape index (κ3) is 1.32. The summed E-state index contributed by atoms with van der Waals surface area (Å²) in [7, 11) is -0.0102. The summed E-state index contributed by atoms with van der Waals surface area (Å²) < 4.78 is 5.08. The molecule has 0 saturated heterocycles. The first-order chi connectivity index (χ1) is 6.91. The number of methoxy groups -OCH3 is 1. The monoisotopic (exact) mass is 224 g/mol. The van der Waals surface area contributed by atoms with Gasteiger partial charge in [-0.05, 0) is 24.7 Å². The average Bonchev–Trinajstić information content (AvgIpc) is 2.74. The molecule has 0 aromatic carbocycles. The van der Waals surface area contributed by atoms with Gasteiger partial charge in [0.1, 0.15) is 0 Å². The third-order valence-electron chi connectivity index (χ3n) is 4.28. The van der Waals surface area contributed by atoms with Crippen LogP contribution in [0.1, 0.15) is 12.8 Å². The van der Waals surface area contributed by atoms with Crippen molar-refractivity contribution in [2.75, 3.05) is 7.11 Å². The molecule has 3 unspecified atom stereocenters. The van der Waals surface area contributed by atoms with E-state index in [2.05, 4.69) is 31.8 Å². The number of allylic oxidation sites excluding steroid dienone is 2. The zero-order valence-corrected chi connectivity index (χ0v) is 11.0. The van der Waals surface area contributed by atoms with Crippen molar-refractivity contribution in [1.82, 2.24) is 0 Å². The van der Waals surface area contributed by atoms with Crippen molar-refractivity contribution in [3.05, 3.63) is 12.2 Å². The van der Waals surface area contributed by atoms with Gasteiger partial charge in [-0.3, -0.25) is 4.79 Å². The van der Waals surface area contributed by atoms with Crippen LogP contribution in [-0.2, 0) is 9.53 Å². The molecule has 2 nitrogen and oxygen atoms in total. The highest BCUT2D eigenvalue weighted by molar-refractivity contribution is 6.82. The molecule has 2 aliphatic rings. The van der Waals surface area contributed by atoms with Gasteiger partial charge in [0.25, 0.3) is 0 Å². The van der Waals surface area contributed by atoms with E-state index in [0.717, 1.165) is 6.42 Å². The van der Waals surface area contributed by atoms with Gasteiger partial charge in [-0.15, -0.1) is 0 Å². The molecule has 0 N–H and O–H groups in total. The number of hydrogen-bond donors (Lipinski definition) is 0. The first kappa shape index (κ1) is 10.9. The molecule has 2 rings (SSSR count). The summed E-state index contributed by atoms with van der Waals surface area (Å²) in [5.74, 6) is 1.11. The van der Waals surface area contributed by atoms with Gasteiger partial charge < -0.3 is 4.74 Å². The Balaban J connectivity index is 2.42. The van der Waals surface area contributed by atoms with E-state index >= 15 is 0 Å². The average molecular weight is 224 g/mol. The van der Waals surface area contributed by atoms with Gasteiger partial charge in [-0.1, -0.05) is 31.8 Å². The van der Waals surface area contributed by atoms with Crippen molar-refractivity contribution in [2.45, 2.75) is 37.5 Å². The Morgan fingerprint density at radius 2 is 2.07 bits per heavy atom. The quantitative estimate of drug-likeness (QED) is 0.409. The fourth-order valence-corrected chi connectivity index (χ4v) is 6.36. The molecule has 0 aliphatic heterocycles. The lowest BCUT2D eigenvalue weighted by atomic mass is 9.92. The van der Waals surface area contributed by atoms with Crippen molar-refractivity contribution in [3.8, 4) is 0 Å². The number of hydrogen-bond acceptors (Lipinski definition) is 2. The van der Waals surface area contributed by atoms with Crippen LogP contribution in [0.25, 0.3) is 0 Å². The van der Waals surface area contributed by atoms with Gasteiger partial charge in [0.2, 0.25) is 0 Å². The summed E-state index contributed by atoms with van der Waals surface area (Å²) in [5.41, 5.74) is 0. The van der Waals surface area contributed by atoms with Crippen LogP contribution in [0.5, 0.6) is 0 Å². The highest BCUT2D eigenvalue weighted by atomic mass is 28.3. The van der Waals surface area contributed by atoms with Gasteiger partial charge in [-0.2, -0.15) is 0 Å². The maximum absolute atomic E-state index is 12.2. The van der Waals surface area contributed by atoms with Gasteiger partial charge in [0.05, 0.1) is 20.2 Å². The third-order valence-corrected chi connectivity index (χ3v) is 7.73. The van der Waals surface area contributed by atoms with E-state index in [1.807, 2.05) is 0 Å². The van der Waals surface area contributed by atoms with Crippen molar-refractivity contribution in [3.63, 3.8) is 0 Å². The number of ether oxygens (including phenoxy) is 1. The molecule has 1 saturated carbocycles. The van der Waals surface area contributed by atoms with Gasteiger partial charge in [0.15, 0.2) is 0 Å². The predicted octanol–water partition coefficient (Wildman–Crippen LogP) is 2.83. The largest absolute Gasteiger partial charge is 0.469 e. The standard InChI is InChI=1S/C12H20O2Si/c1-14-11(13)12(15(2,3)4)8-9-5-6-10(12)7-9/h5-6,9-10H,7-8H2,1-4H3. The molecule has 2 aliphatic carbocycles. The number of rotatable bonds is 2. The molecule has 0 aromatic heterocycles. The van der Waals surface area contributed by atoms with Crippen LogP contribution < -0.4 is 0 Å². The summed E-state index contributed by atoms with van der Waals surface area (Å²) in [6.45, 7) is 6.87. The number of carbonyl (C=O) groups is 1. The van der Waals surface area contributed by atoms with Crippen LogP contribution in [0.2, 0.25) is 24.7 Å². The van der Waals surface area contributed by atoms with E-state index < -0.39 is 8.07 Å². The molecule has 3 heteroatoms. The van der Waals surface area contributed by atoms with Crippen molar-refractivity contribution < 1.29 is 9.53 Å². The lowest BCUT2D eigenvalue weighted by Crippen LogP contribution is -2.48. The predicted molar refractivity (Wildman–Crippen MR) is 63.4 cm³/mol. The zero-order chi connectivity index (χ0) is 11.3. The van der Waals surface area contributed by atoms with Crippen LogP contribution in [0.15, 0.2) is 12.2 Å². The molecule has 0 radical (unpaired) electrons. The molecule has 0 heterocycles. The van der Waals surface area contributed by atoms with E-state index in [1.54, 1.807) is 0 Å². The Morgan fingerprint density at radius 3 is 2.40 bits per heavy atom. The molecular formula is C12H20O2Si. The molecule has 84 valence electrons. The second-order valence-corrected chi connectivity index (χ2v) is 11.3. The van der Waals surface area contributed by atoms with Crippen molar-refractivity contribution >= 4 is 14.0 Å². The van der Waals surface area contributed by atoms with E-state index in [-0.39, 0.29) is 11.0 Å². The summed E-state index contributed by atoms with van der Waals surface area (Å²) in [4.78, 5) is 12.2. The molecule has 3 atom stereocenters.